The van der Waals surface area contributed by atoms with E-state index in [1.807, 2.05) is 0 Å². The van der Waals surface area contributed by atoms with Crippen LogP contribution < -0.4 is 10.2 Å². The van der Waals surface area contributed by atoms with Crippen LogP contribution in [0.1, 0.15) is 25.3 Å². The standard InChI is InChI=1S/C15H20BrN3/c1-11-9-13(16)3-4-15(11)19-10-14(5-7-17)18-8-6-12(19)2/h3-4,9,12,14,18H,5-6,8,10H2,1-2H3. The van der Waals surface area contributed by atoms with Crippen LogP contribution in [0.15, 0.2) is 22.7 Å². The van der Waals surface area contributed by atoms with Crippen LogP contribution in [0, 0.1) is 18.3 Å². The lowest BCUT2D eigenvalue weighted by molar-refractivity contribution is 0.552. The molecule has 1 aliphatic rings. The van der Waals surface area contributed by atoms with Crippen molar-refractivity contribution in [2.75, 3.05) is 18.0 Å². The van der Waals surface area contributed by atoms with Crippen molar-refractivity contribution in [3.05, 3.63) is 28.2 Å². The lowest BCUT2D eigenvalue weighted by Gasteiger charge is -2.32. The molecule has 0 spiro atoms. The quantitative estimate of drug-likeness (QED) is 0.909. The monoisotopic (exact) mass is 321 g/mol. The third-order valence-corrected chi connectivity index (χ3v) is 4.24. The number of nitrogens with zero attached hydrogens (tertiary/aromatic N) is 2. The number of nitrogens with one attached hydrogen (secondary N) is 1. The zero-order valence-corrected chi connectivity index (χ0v) is 13.1. The molecule has 1 saturated heterocycles. The number of hydrogen-bond donors (Lipinski definition) is 1. The summed E-state index contributed by atoms with van der Waals surface area (Å²) in [5, 5.41) is 12.4. The number of halogens is 1. The zero-order chi connectivity index (χ0) is 13.8. The minimum Gasteiger partial charge on any atom is -0.367 e. The average Bonchev–Trinajstić information content (AvgIpc) is 2.53. The van der Waals surface area contributed by atoms with E-state index in [4.69, 9.17) is 5.26 Å². The molecule has 0 aromatic heterocycles. The minimum absolute atomic E-state index is 0.262. The van der Waals surface area contributed by atoms with E-state index >= 15 is 0 Å². The minimum atomic E-state index is 0.262. The maximum atomic E-state index is 8.91. The van der Waals surface area contributed by atoms with Crippen molar-refractivity contribution in [2.24, 2.45) is 0 Å². The Kier molecular flexibility index (Phi) is 4.84. The Morgan fingerprint density at radius 2 is 2.32 bits per heavy atom. The second-order valence-electron chi connectivity index (χ2n) is 5.23. The molecule has 0 saturated carbocycles. The lowest BCUT2D eigenvalue weighted by atomic mass is 10.1. The van der Waals surface area contributed by atoms with E-state index < -0.39 is 0 Å². The molecule has 1 aromatic carbocycles. The molecule has 0 aliphatic carbocycles. The Hall–Kier alpha value is -1.05. The molecule has 4 heteroatoms. The Bertz CT molecular complexity index is 481. The highest BCUT2D eigenvalue weighted by atomic mass is 79.9. The third-order valence-electron chi connectivity index (χ3n) is 3.75. The topological polar surface area (TPSA) is 39.1 Å². The maximum absolute atomic E-state index is 8.91. The van der Waals surface area contributed by atoms with Crippen molar-refractivity contribution >= 4 is 21.6 Å². The summed E-state index contributed by atoms with van der Waals surface area (Å²) in [4.78, 5) is 2.43. The molecule has 2 atom stereocenters. The van der Waals surface area contributed by atoms with Gasteiger partial charge in [0.05, 0.1) is 12.5 Å². The van der Waals surface area contributed by atoms with E-state index in [0.717, 1.165) is 24.0 Å². The maximum Gasteiger partial charge on any atom is 0.0638 e. The summed E-state index contributed by atoms with van der Waals surface area (Å²) in [7, 11) is 0. The molecule has 1 fully saturated rings. The van der Waals surface area contributed by atoms with Crippen molar-refractivity contribution in [3.63, 3.8) is 0 Å². The van der Waals surface area contributed by atoms with Crippen LogP contribution in [0.3, 0.4) is 0 Å². The molecule has 19 heavy (non-hydrogen) atoms. The van der Waals surface area contributed by atoms with Gasteiger partial charge in [-0.05, 0) is 50.6 Å². The van der Waals surface area contributed by atoms with Gasteiger partial charge in [-0.25, -0.2) is 0 Å². The van der Waals surface area contributed by atoms with Crippen LogP contribution in [0.5, 0.6) is 0 Å². The molecule has 0 amide bonds. The van der Waals surface area contributed by atoms with E-state index in [9.17, 15) is 0 Å². The van der Waals surface area contributed by atoms with Crippen LogP contribution in [-0.4, -0.2) is 25.2 Å². The first kappa shape index (κ1) is 14.4. The number of rotatable bonds is 2. The fraction of sp³-hybridized carbons (Fsp3) is 0.533. The van der Waals surface area contributed by atoms with E-state index in [0.29, 0.717) is 12.5 Å². The SMILES string of the molecule is Cc1cc(Br)ccc1N1CC(CC#N)NCCC1C. The fourth-order valence-electron chi connectivity index (χ4n) is 2.66. The van der Waals surface area contributed by atoms with Gasteiger partial charge in [-0.3, -0.25) is 0 Å². The largest absolute Gasteiger partial charge is 0.367 e. The van der Waals surface area contributed by atoms with E-state index in [1.165, 1.54) is 11.3 Å². The summed E-state index contributed by atoms with van der Waals surface area (Å²) in [5.41, 5.74) is 2.56. The van der Waals surface area contributed by atoms with Crippen molar-refractivity contribution < 1.29 is 0 Å². The van der Waals surface area contributed by atoms with Crippen molar-refractivity contribution in [1.82, 2.24) is 5.32 Å². The number of aryl methyl sites for hydroxylation is 1. The van der Waals surface area contributed by atoms with Crippen molar-refractivity contribution in [1.29, 1.82) is 5.26 Å². The third kappa shape index (κ3) is 3.49. The first-order valence-electron chi connectivity index (χ1n) is 6.75. The number of anilines is 1. The Morgan fingerprint density at radius 3 is 3.00 bits per heavy atom. The van der Waals surface area contributed by atoms with Gasteiger partial charge in [0.1, 0.15) is 0 Å². The van der Waals surface area contributed by atoms with E-state index in [-0.39, 0.29) is 6.04 Å². The molecular formula is C15H20BrN3. The zero-order valence-electron chi connectivity index (χ0n) is 11.5. The second kappa shape index (κ2) is 6.40. The van der Waals surface area contributed by atoms with Gasteiger partial charge in [-0.1, -0.05) is 15.9 Å². The predicted octanol–water partition coefficient (Wildman–Crippen LogP) is 3.23. The second-order valence-corrected chi connectivity index (χ2v) is 6.15. The summed E-state index contributed by atoms with van der Waals surface area (Å²) in [6.45, 7) is 6.29. The van der Waals surface area contributed by atoms with Gasteiger partial charge >= 0.3 is 0 Å². The Labute approximate surface area is 123 Å². The van der Waals surface area contributed by atoms with Crippen molar-refractivity contribution in [2.45, 2.75) is 38.8 Å². The van der Waals surface area contributed by atoms with Gasteiger partial charge in [0, 0.05) is 28.8 Å². The molecule has 2 rings (SSSR count). The highest BCUT2D eigenvalue weighted by Crippen LogP contribution is 2.27. The normalized spacial score (nSPS) is 23.8. The smallest absolute Gasteiger partial charge is 0.0638 e. The van der Waals surface area contributed by atoms with Gasteiger partial charge < -0.3 is 10.2 Å². The molecule has 0 radical (unpaired) electrons. The molecule has 0 bridgehead atoms. The molecule has 1 aromatic rings. The molecular weight excluding hydrogens is 302 g/mol. The number of benzene rings is 1. The lowest BCUT2D eigenvalue weighted by Crippen LogP contribution is -2.40. The van der Waals surface area contributed by atoms with Crippen LogP contribution in [0.25, 0.3) is 0 Å². The molecule has 1 heterocycles. The molecule has 2 unspecified atom stereocenters. The summed E-state index contributed by atoms with van der Waals surface area (Å²) < 4.78 is 1.11. The summed E-state index contributed by atoms with van der Waals surface area (Å²) in [5.74, 6) is 0. The summed E-state index contributed by atoms with van der Waals surface area (Å²) in [6.07, 6.45) is 1.68. The van der Waals surface area contributed by atoms with E-state index in [1.54, 1.807) is 0 Å². The highest BCUT2D eigenvalue weighted by Gasteiger charge is 2.23. The first-order chi connectivity index (χ1) is 9.11. The number of hydrogen-bond acceptors (Lipinski definition) is 3. The summed E-state index contributed by atoms with van der Waals surface area (Å²) >= 11 is 3.51. The van der Waals surface area contributed by atoms with Crippen LogP contribution in [-0.2, 0) is 0 Å². The van der Waals surface area contributed by atoms with Gasteiger partial charge in [0.2, 0.25) is 0 Å². The molecule has 3 nitrogen and oxygen atoms in total. The van der Waals surface area contributed by atoms with Gasteiger partial charge in [-0.2, -0.15) is 5.26 Å². The fourth-order valence-corrected chi connectivity index (χ4v) is 3.13. The van der Waals surface area contributed by atoms with Crippen LogP contribution >= 0.6 is 15.9 Å². The Morgan fingerprint density at radius 1 is 1.53 bits per heavy atom. The van der Waals surface area contributed by atoms with Gasteiger partial charge in [-0.15, -0.1) is 0 Å². The first-order valence-corrected chi connectivity index (χ1v) is 7.54. The van der Waals surface area contributed by atoms with Crippen LogP contribution in [0.2, 0.25) is 0 Å². The molecule has 1 aliphatic heterocycles. The summed E-state index contributed by atoms with van der Waals surface area (Å²) in [6, 6.07) is 9.45. The highest BCUT2D eigenvalue weighted by molar-refractivity contribution is 9.10. The number of nitriles is 1. The predicted molar refractivity (Wildman–Crippen MR) is 82.3 cm³/mol. The average molecular weight is 322 g/mol. The van der Waals surface area contributed by atoms with Gasteiger partial charge in [0.25, 0.3) is 0 Å². The van der Waals surface area contributed by atoms with E-state index in [2.05, 4.69) is 64.3 Å². The molecule has 102 valence electrons. The Balaban J connectivity index is 2.26. The van der Waals surface area contributed by atoms with Gasteiger partial charge in [0.15, 0.2) is 0 Å². The molecule has 1 N–H and O–H groups in total. The van der Waals surface area contributed by atoms with Crippen LogP contribution in [0.4, 0.5) is 5.69 Å². The van der Waals surface area contributed by atoms with Crippen molar-refractivity contribution in [3.8, 4) is 6.07 Å².